The zero-order valence-electron chi connectivity index (χ0n) is 11.4. The first-order chi connectivity index (χ1) is 8.24. The predicted octanol–water partition coefficient (Wildman–Crippen LogP) is 1.20. The highest BCUT2D eigenvalue weighted by molar-refractivity contribution is 4.98. The summed E-state index contributed by atoms with van der Waals surface area (Å²) in [6.45, 7) is 11.4. The normalized spacial score (nSPS) is 39.7. The van der Waals surface area contributed by atoms with E-state index in [1.54, 1.807) is 0 Å². The molecule has 0 amide bonds. The molecule has 0 saturated carbocycles. The lowest BCUT2D eigenvalue weighted by molar-refractivity contribution is -0.175. The summed E-state index contributed by atoms with van der Waals surface area (Å²) in [4.78, 5) is 0. The second kappa shape index (κ2) is 4.58. The molecule has 5 nitrogen and oxygen atoms in total. The van der Waals surface area contributed by atoms with Crippen molar-refractivity contribution in [1.29, 1.82) is 0 Å². The number of ether oxygens (including phenoxy) is 4. The largest absolute Gasteiger partial charge is 0.386 e. The van der Waals surface area contributed by atoms with Gasteiger partial charge in [-0.25, -0.2) is 0 Å². The highest BCUT2D eigenvalue weighted by atomic mass is 16.8. The summed E-state index contributed by atoms with van der Waals surface area (Å²) in [5, 5.41) is 9.93. The number of hydrogen-bond donors (Lipinski definition) is 1. The lowest BCUT2D eigenvalue weighted by Gasteiger charge is -2.25. The Kier molecular flexibility index (Phi) is 3.55. The standard InChI is InChI=1S/C13H22O5/c1-6-8(14)10-11(18-13(4,5)17-10)9-7-15-12(2,3)16-9/h6,8-11,14H,1,7H2,2-5H3/t8?,9-,10+,11+/m0/s1. The average Bonchev–Trinajstić information content (AvgIpc) is 2.77. The lowest BCUT2D eigenvalue weighted by atomic mass is 10.0. The summed E-state index contributed by atoms with van der Waals surface area (Å²) in [6, 6.07) is 0. The van der Waals surface area contributed by atoms with E-state index >= 15 is 0 Å². The van der Waals surface area contributed by atoms with Crippen molar-refractivity contribution in [3.05, 3.63) is 12.7 Å². The summed E-state index contributed by atoms with van der Waals surface area (Å²) in [5.41, 5.74) is 0. The smallest absolute Gasteiger partial charge is 0.164 e. The highest BCUT2D eigenvalue weighted by Crippen LogP contribution is 2.36. The monoisotopic (exact) mass is 258 g/mol. The minimum Gasteiger partial charge on any atom is -0.386 e. The van der Waals surface area contributed by atoms with Crippen LogP contribution in [0.15, 0.2) is 12.7 Å². The van der Waals surface area contributed by atoms with Crippen LogP contribution < -0.4 is 0 Å². The fraction of sp³-hybridized carbons (Fsp3) is 0.846. The van der Waals surface area contributed by atoms with Gasteiger partial charge in [0.1, 0.15) is 24.4 Å². The van der Waals surface area contributed by atoms with Crippen molar-refractivity contribution in [2.24, 2.45) is 0 Å². The van der Waals surface area contributed by atoms with Gasteiger partial charge in [0.15, 0.2) is 11.6 Å². The van der Waals surface area contributed by atoms with Crippen LogP contribution >= 0.6 is 0 Å². The maximum atomic E-state index is 9.93. The Morgan fingerprint density at radius 3 is 2.33 bits per heavy atom. The molecule has 1 unspecified atom stereocenters. The molecule has 2 fully saturated rings. The molecule has 0 spiro atoms. The van der Waals surface area contributed by atoms with Crippen molar-refractivity contribution in [3.8, 4) is 0 Å². The predicted molar refractivity (Wildman–Crippen MR) is 64.9 cm³/mol. The molecule has 104 valence electrons. The van der Waals surface area contributed by atoms with Crippen LogP contribution in [-0.4, -0.2) is 47.7 Å². The highest BCUT2D eigenvalue weighted by Gasteiger charge is 2.51. The SMILES string of the molecule is C=CC(O)[C@H]1OC(C)(C)O[C@@H]1[C@@H]1COC(C)(C)O1. The van der Waals surface area contributed by atoms with Crippen molar-refractivity contribution >= 4 is 0 Å². The number of hydrogen-bond acceptors (Lipinski definition) is 5. The first-order valence-electron chi connectivity index (χ1n) is 6.22. The minimum absolute atomic E-state index is 0.249. The molecule has 2 heterocycles. The lowest BCUT2D eigenvalue weighted by Crippen LogP contribution is -2.43. The number of aliphatic hydroxyl groups excluding tert-OH is 1. The van der Waals surface area contributed by atoms with Gasteiger partial charge in [0, 0.05) is 0 Å². The number of rotatable bonds is 3. The Morgan fingerprint density at radius 1 is 1.17 bits per heavy atom. The zero-order chi connectivity index (χ0) is 13.6. The van der Waals surface area contributed by atoms with Crippen LogP contribution in [-0.2, 0) is 18.9 Å². The maximum Gasteiger partial charge on any atom is 0.164 e. The molecule has 1 N–H and O–H groups in total. The Bertz CT molecular complexity index is 325. The molecule has 0 aromatic heterocycles. The van der Waals surface area contributed by atoms with Gasteiger partial charge in [-0.05, 0) is 27.7 Å². The molecule has 0 aliphatic carbocycles. The molecule has 2 saturated heterocycles. The molecular weight excluding hydrogens is 236 g/mol. The maximum absolute atomic E-state index is 9.93. The van der Waals surface area contributed by atoms with E-state index in [0.717, 1.165) is 0 Å². The van der Waals surface area contributed by atoms with Crippen LogP contribution in [0.3, 0.4) is 0 Å². The molecule has 2 aliphatic rings. The van der Waals surface area contributed by atoms with E-state index in [4.69, 9.17) is 18.9 Å². The van der Waals surface area contributed by atoms with E-state index in [9.17, 15) is 5.11 Å². The molecule has 2 aliphatic heterocycles. The molecule has 0 aromatic rings. The van der Waals surface area contributed by atoms with Gasteiger partial charge in [-0.3, -0.25) is 0 Å². The third kappa shape index (κ3) is 2.75. The summed E-state index contributed by atoms with van der Waals surface area (Å²) >= 11 is 0. The third-order valence-corrected chi connectivity index (χ3v) is 3.14. The van der Waals surface area contributed by atoms with Crippen LogP contribution in [0.4, 0.5) is 0 Å². The van der Waals surface area contributed by atoms with Gasteiger partial charge in [0.05, 0.1) is 6.61 Å². The van der Waals surface area contributed by atoms with E-state index in [-0.39, 0.29) is 12.2 Å². The van der Waals surface area contributed by atoms with Crippen molar-refractivity contribution in [1.82, 2.24) is 0 Å². The van der Waals surface area contributed by atoms with Gasteiger partial charge in [-0.2, -0.15) is 0 Å². The van der Waals surface area contributed by atoms with Gasteiger partial charge >= 0.3 is 0 Å². The van der Waals surface area contributed by atoms with Crippen LogP contribution in [0, 0.1) is 0 Å². The minimum atomic E-state index is -0.788. The Labute approximate surface area is 108 Å². The van der Waals surface area contributed by atoms with Crippen molar-refractivity contribution in [3.63, 3.8) is 0 Å². The van der Waals surface area contributed by atoms with E-state index < -0.39 is 23.8 Å². The molecule has 0 aromatic carbocycles. The van der Waals surface area contributed by atoms with E-state index in [1.165, 1.54) is 6.08 Å². The summed E-state index contributed by atoms with van der Waals surface area (Å²) in [7, 11) is 0. The van der Waals surface area contributed by atoms with Gasteiger partial charge in [0.2, 0.25) is 0 Å². The molecule has 18 heavy (non-hydrogen) atoms. The second-order valence-electron chi connectivity index (χ2n) is 5.66. The van der Waals surface area contributed by atoms with Crippen LogP contribution in [0.25, 0.3) is 0 Å². The van der Waals surface area contributed by atoms with Gasteiger partial charge < -0.3 is 24.1 Å². The van der Waals surface area contributed by atoms with Crippen LogP contribution in [0.2, 0.25) is 0 Å². The molecular formula is C13H22O5. The van der Waals surface area contributed by atoms with Crippen molar-refractivity contribution < 1.29 is 24.1 Å². The average molecular weight is 258 g/mol. The molecule has 0 radical (unpaired) electrons. The van der Waals surface area contributed by atoms with E-state index in [2.05, 4.69) is 6.58 Å². The molecule has 5 heteroatoms. The molecule has 0 bridgehead atoms. The van der Waals surface area contributed by atoms with Gasteiger partial charge in [-0.15, -0.1) is 6.58 Å². The fourth-order valence-corrected chi connectivity index (χ4v) is 2.38. The summed E-state index contributed by atoms with van der Waals surface area (Å²) < 4.78 is 22.9. The van der Waals surface area contributed by atoms with Crippen molar-refractivity contribution in [2.75, 3.05) is 6.61 Å². The van der Waals surface area contributed by atoms with Crippen LogP contribution in [0.1, 0.15) is 27.7 Å². The van der Waals surface area contributed by atoms with E-state index in [0.29, 0.717) is 6.61 Å². The summed E-state index contributed by atoms with van der Waals surface area (Å²) in [6.07, 6.45) is -0.441. The first kappa shape index (κ1) is 14.0. The Hall–Kier alpha value is -0.460. The first-order valence-corrected chi connectivity index (χ1v) is 6.22. The fourth-order valence-electron chi connectivity index (χ4n) is 2.38. The van der Waals surface area contributed by atoms with E-state index in [1.807, 2.05) is 27.7 Å². The quantitative estimate of drug-likeness (QED) is 0.771. The van der Waals surface area contributed by atoms with Gasteiger partial charge in [-0.1, -0.05) is 6.08 Å². The number of aliphatic hydroxyl groups is 1. The van der Waals surface area contributed by atoms with Crippen molar-refractivity contribution in [2.45, 2.75) is 63.7 Å². The summed E-state index contributed by atoms with van der Waals surface area (Å²) in [5.74, 6) is -1.36. The Balaban J connectivity index is 2.12. The second-order valence-corrected chi connectivity index (χ2v) is 5.66. The third-order valence-electron chi connectivity index (χ3n) is 3.14. The van der Waals surface area contributed by atoms with Crippen LogP contribution in [0.5, 0.6) is 0 Å². The molecule has 2 rings (SSSR count). The topological polar surface area (TPSA) is 57.2 Å². The van der Waals surface area contributed by atoms with Gasteiger partial charge in [0.25, 0.3) is 0 Å². The molecule has 4 atom stereocenters. The zero-order valence-corrected chi connectivity index (χ0v) is 11.4. The Morgan fingerprint density at radius 2 is 1.83 bits per heavy atom.